The van der Waals surface area contributed by atoms with Crippen LogP contribution in [0, 0.1) is 12.8 Å². The van der Waals surface area contributed by atoms with Crippen LogP contribution >= 0.6 is 0 Å². The molecule has 1 aliphatic rings. The highest BCUT2D eigenvalue weighted by Crippen LogP contribution is 2.37. The molecule has 3 heteroatoms. The summed E-state index contributed by atoms with van der Waals surface area (Å²) < 4.78 is 0. The van der Waals surface area contributed by atoms with E-state index >= 15 is 0 Å². The van der Waals surface area contributed by atoms with E-state index in [2.05, 4.69) is 11.8 Å². The summed E-state index contributed by atoms with van der Waals surface area (Å²) >= 11 is 0. The molecule has 2 rings (SSSR count). The number of nitrogens with zero attached hydrogens (tertiary/aromatic N) is 1. The molecule has 0 aromatic heterocycles. The third-order valence-electron chi connectivity index (χ3n) is 3.68. The predicted octanol–water partition coefficient (Wildman–Crippen LogP) is 2.93. The Morgan fingerprint density at radius 2 is 2.12 bits per heavy atom. The lowest BCUT2D eigenvalue weighted by molar-refractivity contribution is 0.0697. The molecule has 1 N–H and O–H groups in total. The van der Waals surface area contributed by atoms with Gasteiger partial charge in [0.25, 0.3) is 0 Å². The lowest BCUT2D eigenvalue weighted by atomic mass is 10.1. The van der Waals surface area contributed by atoms with Gasteiger partial charge in [-0.2, -0.15) is 0 Å². The van der Waals surface area contributed by atoms with E-state index < -0.39 is 5.97 Å². The van der Waals surface area contributed by atoms with Crippen molar-refractivity contribution in [2.75, 3.05) is 11.9 Å². The normalized spacial score (nSPS) is 16.6. The number of rotatable bonds is 4. The van der Waals surface area contributed by atoms with Crippen LogP contribution in [0.4, 0.5) is 5.69 Å². The van der Waals surface area contributed by atoms with Gasteiger partial charge >= 0.3 is 5.97 Å². The first-order valence-electron chi connectivity index (χ1n) is 6.07. The molecular weight excluding hydrogens is 214 g/mol. The summed E-state index contributed by atoms with van der Waals surface area (Å²) in [6.45, 7) is 4.09. The number of hydrogen-bond donors (Lipinski definition) is 1. The summed E-state index contributed by atoms with van der Waals surface area (Å²) in [5, 5.41) is 9.25. The topological polar surface area (TPSA) is 40.5 Å². The van der Waals surface area contributed by atoms with Crippen molar-refractivity contribution in [3.05, 3.63) is 29.3 Å². The zero-order valence-electron chi connectivity index (χ0n) is 10.6. The summed E-state index contributed by atoms with van der Waals surface area (Å²) in [5.41, 5.74) is 2.21. The maximum Gasteiger partial charge on any atom is 0.337 e. The molecule has 1 aliphatic carbocycles. The van der Waals surface area contributed by atoms with Crippen LogP contribution in [-0.2, 0) is 0 Å². The summed E-state index contributed by atoms with van der Waals surface area (Å²) in [5.74, 6) is -0.124. The number of benzene rings is 1. The van der Waals surface area contributed by atoms with E-state index in [0.29, 0.717) is 11.6 Å². The number of aromatic carboxylic acids is 1. The summed E-state index contributed by atoms with van der Waals surface area (Å²) in [6.07, 6.45) is 2.53. The molecule has 1 atom stereocenters. The van der Waals surface area contributed by atoms with Gasteiger partial charge in [-0.3, -0.25) is 0 Å². The zero-order chi connectivity index (χ0) is 12.6. The molecule has 1 aromatic carbocycles. The van der Waals surface area contributed by atoms with Crippen molar-refractivity contribution in [2.24, 2.45) is 5.92 Å². The Kier molecular flexibility index (Phi) is 3.09. The average Bonchev–Trinajstić information content (AvgIpc) is 3.10. The summed E-state index contributed by atoms with van der Waals surface area (Å²) in [4.78, 5) is 13.4. The maximum absolute atomic E-state index is 11.3. The van der Waals surface area contributed by atoms with Gasteiger partial charge in [0.2, 0.25) is 0 Å². The minimum atomic E-state index is -0.849. The Bertz CT molecular complexity index is 438. The number of aryl methyl sites for hydroxylation is 1. The number of hydrogen-bond acceptors (Lipinski definition) is 2. The molecular formula is C14H19NO2. The smallest absolute Gasteiger partial charge is 0.337 e. The van der Waals surface area contributed by atoms with Crippen LogP contribution in [0.3, 0.4) is 0 Å². The van der Waals surface area contributed by atoms with Gasteiger partial charge in [-0.05, 0) is 44.7 Å². The molecule has 92 valence electrons. The number of carboxylic acid groups (broad SMARTS) is 1. The van der Waals surface area contributed by atoms with Crippen molar-refractivity contribution < 1.29 is 9.90 Å². The van der Waals surface area contributed by atoms with Gasteiger partial charge in [0.15, 0.2) is 0 Å². The highest BCUT2D eigenvalue weighted by Gasteiger charge is 2.31. The van der Waals surface area contributed by atoms with E-state index in [9.17, 15) is 9.90 Å². The van der Waals surface area contributed by atoms with Gasteiger partial charge in [-0.15, -0.1) is 0 Å². The Hall–Kier alpha value is -1.51. The van der Waals surface area contributed by atoms with Gasteiger partial charge in [-0.1, -0.05) is 11.6 Å². The van der Waals surface area contributed by atoms with Crippen molar-refractivity contribution in [1.82, 2.24) is 0 Å². The Morgan fingerprint density at radius 3 is 2.65 bits per heavy atom. The van der Waals surface area contributed by atoms with E-state index in [-0.39, 0.29) is 0 Å². The summed E-state index contributed by atoms with van der Waals surface area (Å²) in [6, 6.07) is 6.04. The van der Waals surface area contributed by atoms with Gasteiger partial charge in [0.1, 0.15) is 0 Å². The Morgan fingerprint density at radius 1 is 1.47 bits per heavy atom. The largest absolute Gasteiger partial charge is 0.478 e. The van der Waals surface area contributed by atoms with Crippen LogP contribution in [-0.4, -0.2) is 24.2 Å². The Balaban J connectivity index is 2.32. The van der Waals surface area contributed by atoms with E-state index in [1.54, 1.807) is 6.07 Å². The minimum Gasteiger partial charge on any atom is -0.478 e. The molecule has 1 fully saturated rings. The van der Waals surface area contributed by atoms with Crippen LogP contribution < -0.4 is 4.90 Å². The van der Waals surface area contributed by atoms with Gasteiger partial charge in [0.05, 0.1) is 11.3 Å². The molecule has 3 nitrogen and oxygen atoms in total. The molecule has 0 bridgehead atoms. The molecule has 0 radical (unpaired) electrons. The van der Waals surface area contributed by atoms with Gasteiger partial charge in [-0.25, -0.2) is 4.79 Å². The molecule has 1 aromatic rings. The Labute approximate surface area is 102 Å². The minimum absolute atomic E-state index is 0.403. The fourth-order valence-corrected chi connectivity index (χ4v) is 2.24. The van der Waals surface area contributed by atoms with Crippen LogP contribution in [0.1, 0.15) is 35.7 Å². The second kappa shape index (κ2) is 4.40. The maximum atomic E-state index is 11.3. The van der Waals surface area contributed by atoms with Crippen LogP contribution in [0.15, 0.2) is 18.2 Å². The fourth-order valence-electron chi connectivity index (χ4n) is 2.24. The molecule has 1 saturated carbocycles. The second-order valence-electron chi connectivity index (χ2n) is 5.01. The highest BCUT2D eigenvalue weighted by molar-refractivity contribution is 5.94. The van der Waals surface area contributed by atoms with Crippen LogP contribution in [0.2, 0.25) is 0 Å². The summed E-state index contributed by atoms with van der Waals surface area (Å²) in [7, 11) is 1.99. The van der Waals surface area contributed by atoms with Crippen LogP contribution in [0.25, 0.3) is 0 Å². The van der Waals surface area contributed by atoms with Gasteiger partial charge < -0.3 is 10.0 Å². The number of carbonyl (C=O) groups is 1. The lowest BCUT2D eigenvalue weighted by Crippen LogP contribution is -2.31. The standard InChI is InChI=1S/C14H19NO2/c1-9-4-7-13(12(8-9)14(16)17)15(3)10(2)11-5-6-11/h4,7-8,10-11H,5-6H2,1-3H3,(H,16,17). The van der Waals surface area contributed by atoms with Crippen molar-refractivity contribution in [2.45, 2.75) is 32.7 Å². The van der Waals surface area contributed by atoms with Crippen molar-refractivity contribution in [3.63, 3.8) is 0 Å². The second-order valence-corrected chi connectivity index (χ2v) is 5.01. The molecule has 0 spiro atoms. The van der Waals surface area contributed by atoms with E-state index in [0.717, 1.165) is 17.2 Å². The lowest BCUT2D eigenvalue weighted by Gasteiger charge is -2.28. The monoisotopic (exact) mass is 233 g/mol. The quantitative estimate of drug-likeness (QED) is 0.869. The SMILES string of the molecule is Cc1ccc(N(C)C(C)C2CC2)c(C(=O)O)c1. The third-order valence-corrected chi connectivity index (χ3v) is 3.68. The molecule has 0 amide bonds. The fraction of sp³-hybridized carbons (Fsp3) is 0.500. The molecule has 0 aliphatic heterocycles. The van der Waals surface area contributed by atoms with E-state index in [1.165, 1.54) is 12.8 Å². The highest BCUT2D eigenvalue weighted by atomic mass is 16.4. The molecule has 1 unspecified atom stereocenters. The van der Waals surface area contributed by atoms with Crippen molar-refractivity contribution in [3.8, 4) is 0 Å². The zero-order valence-corrected chi connectivity index (χ0v) is 10.6. The number of carboxylic acids is 1. The third kappa shape index (κ3) is 2.43. The number of anilines is 1. The molecule has 17 heavy (non-hydrogen) atoms. The predicted molar refractivity (Wildman–Crippen MR) is 68.7 cm³/mol. The first-order valence-corrected chi connectivity index (χ1v) is 6.07. The first kappa shape index (κ1) is 12.0. The van der Waals surface area contributed by atoms with E-state index in [1.807, 2.05) is 26.1 Å². The average molecular weight is 233 g/mol. The van der Waals surface area contributed by atoms with Gasteiger partial charge in [0, 0.05) is 13.1 Å². The van der Waals surface area contributed by atoms with Crippen molar-refractivity contribution in [1.29, 1.82) is 0 Å². The van der Waals surface area contributed by atoms with Crippen LogP contribution in [0.5, 0.6) is 0 Å². The van der Waals surface area contributed by atoms with E-state index in [4.69, 9.17) is 0 Å². The first-order chi connectivity index (χ1) is 8.00. The molecule has 0 saturated heterocycles. The molecule has 0 heterocycles. The van der Waals surface area contributed by atoms with Crippen molar-refractivity contribution >= 4 is 11.7 Å².